The Morgan fingerprint density at radius 1 is 1.24 bits per heavy atom. The number of carbonyl (C=O) groups excluding carboxylic acids is 2. The average molecular weight is 236 g/mol. The molecule has 1 aromatic rings. The van der Waals surface area contributed by atoms with Gasteiger partial charge in [0.05, 0.1) is 0 Å². The fourth-order valence-corrected chi connectivity index (χ4v) is 1.06. The SMILES string of the molecule is CC(=O)c1ccccc1.CCCCNC(N)=O. The van der Waals surface area contributed by atoms with E-state index in [1.165, 1.54) is 0 Å². The highest BCUT2D eigenvalue weighted by Crippen LogP contribution is 1.97. The summed E-state index contributed by atoms with van der Waals surface area (Å²) in [5.41, 5.74) is 5.56. The van der Waals surface area contributed by atoms with E-state index in [-0.39, 0.29) is 5.78 Å². The van der Waals surface area contributed by atoms with Crippen LogP contribution in [0, 0.1) is 0 Å². The largest absolute Gasteiger partial charge is 0.352 e. The van der Waals surface area contributed by atoms with Crippen molar-refractivity contribution in [2.24, 2.45) is 5.73 Å². The molecule has 1 aromatic carbocycles. The second kappa shape index (κ2) is 9.39. The van der Waals surface area contributed by atoms with Crippen molar-refractivity contribution in [3.8, 4) is 0 Å². The van der Waals surface area contributed by atoms with Gasteiger partial charge < -0.3 is 11.1 Å². The molecular formula is C13H20N2O2. The van der Waals surface area contributed by atoms with Crippen LogP contribution in [-0.2, 0) is 0 Å². The number of carbonyl (C=O) groups is 2. The number of primary amides is 1. The van der Waals surface area contributed by atoms with Crippen LogP contribution in [-0.4, -0.2) is 18.4 Å². The summed E-state index contributed by atoms with van der Waals surface area (Å²) in [7, 11) is 0. The zero-order valence-corrected chi connectivity index (χ0v) is 10.4. The third-order valence-corrected chi connectivity index (χ3v) is 2.01. The van der Waals surface area contributed by atoms with E-state index in [1.807, 2.05) is 30.3 Å². The lowest BCUT2D eigenvalue weighted by molar-refractivity contribution is 0.101. The van der Waals surface area contributed by atoms with Crippen LogP contribution < -0.4 is 11.1 Å². The summed E-state index contributed by atoms with van der Waals surface area (Å²) in [5.74, 6) is 0.121. The maximum Gasteiger partial charge on any atom is 0.312 e. The topological polar surface area (TPSA) is 72.2 Å². The molecule has 3 N–H and O–H groups in total. The molecule has 0 aliphatic heterocycles. The normalized spacial score (nSPS) is 8.82. The summed E-state index contributed by atoms with van der Waals surface area (Å²) in [5, 5.41) is 2.49. The van der Waals surface area contributed by atoms with Crippen LogP contribution in [0.3, 0.4) is 0 Å². The lowest BCUT2D eigenvalue weighted by atomic mass is 10.2. The zero-order valence-electron chi connectivity index (χ0n) is 10.4. The van der Waals surface area contributed by atoms with Gasteiger partial charge in [-0.3, -0.25) is 4.79 Å². The van der Waals surface area contributed by atoms with Gasteiger partial charge in [-0.2, -0.15) is 0 Å². The Morgan fingerprint density at radius 2 is 1.82 bits per heavy atom. The summed E-state index contributed by atoms with van der Waals surface area (Å²) < 4.78 is 0. The van der Waals surface area contributed by atoms with Crippen molar-refractivity contribution in [2.45, 2.75) is 26.7 Å². The van der Waals surface area contributed by atoms with E-state index < -0.39 is 6.03 Å². The quantitative estimate of drug-likeness (QED) is 0.622. The van der Waals surface area contributed by atoms with Gasteiger partial charge in [0.25, 0.3) is 0 Å². The maximum absolute atomic E-state index is 10.6. The highest BCUT2D eigenvalue weighted by molar-refractivity contribution is 5.93. The molecular weight excluding hydrogens is 216 g/mol. The number of ketones is 1. The number of urea groups is 1. The van der Waals surface area contributed by atoms with Crippen molar-refractivity contribution in [3.05, 3.63) is 35.9 Å². The molecule has 0 fully saturated rings. The number of benzene rings is 1. The molecule has 2 amide bonds. The molecule has 0 aromatic heterocycles. The molecule has 17 heavy (non-hydrogen) atoms. The minimum atomic E-state index is -0.432. The van der Waals surface area contributed by atoms with Crippen LogP contribution in [0.4, 0.5) is 4.79 Å². The predicted molar refractivity (Wildman–Crippen MR) is 68.9 cm³/mol. The Labute approximate surface area is 102 Å². The fraction of sp³-hybridized carbons (Fsp3) is 0.385. The molecule has 0 aliphatic carbocycles. The standard InChI is InChI=1S/C8H8O.C5H12N2O/c1-7(9)8-5-3-2-4-6-8;1-2-3-4-7-5(6)8/h2-6H,1H3;2-4H2,1H3,(H3,6,7,8). The van der Waals surface area contributed by atoms with Gasteiger partial charge in [0.15, 0.2) is 5.78 Å². The van der Waals surface area contributed by atoms with Gasteiger partial charge in [-0.05, 0) is 13.3 Å². The van der Waals surface area contributed by atoms with Crippen molar-refractivity contribution in [1.29, 1.82) is 0 Å². The number of nitrogens with two attached hydrogens (primary N) is 1. The van der Waals surface area contributed by atoms with Crippen LogP contribution in [0.15, 0.2) is 30.3 Å². The Bertz CT molecular complexity index is 337. The summed E-state index contributed by atoms with van der Waals surface area (Å²) in [6, 6.07) is 8.79. The molecule has 0 unspecified atom stereocenters. The van der Waals surface area contributed by atoms with Crippen molar-refractivity contribution in [1.82, 2.24) is 5.32 Å². The second-order valence-electron chi connectivity index (χ2n) is 3.57. The molecule has 0 spiro atoms. The first-order valence-electron chi connectivity index (χ1n) is 5.67. The molecule has 0 atom stereocenters. The van der Waals surface area contributed by atoms with Gasteiger partial charge in [-0.1, -0.05) is 43.7 Å². The van der Waals surface area contributed by atoms with E-state index in [4.69, 9.17) is 5.73 Å². The average Bonchev–Trinajstić information content (AvgIpc) is 2.31. The number of nitrogens with one attached hydrogen (secondary N) is 1. The molecule has 1 rings (SSSR count). The molecule has 0 bridgehead atoms. The van der Waals surface area contributed by atoms with E-state index in [0.29, 0.717) is 6.54 Å². The second-order valence-corrected chi connectivity index (χ2v) is 3.57. The van der Waals surface area contributed by atoms with Crippen LogP contribution in [0.2, 0.25) is 0 Å². The molecule has 94 valence electrons. The predicted octanol–water partition coefficient (Wildman–Crippen LogP) is 2.34. The van der Waals surface area contributed by atoms with Crippen LogP contribution in [0.25, 0.3) is 0 Å². The van der Waals surface area contributed by atoms with Crippen molar-refractivity contribution >= 4 is 11.8 Å². The van der Waals surface area contributed by atoms with Gasteiger partial charge in [-0.15, -0.1) is 0 Å². The van der Waals surface area contributed by atoms with Gasteiger partial charge in [-0.25, -0.2) is 4.79 Å². The first kappa shape index (κ1) is 15.2. The highest BCUT2D eigenvalue weighted by atomic mass is 16.2. The van der Waals surface area contributed by atoms with Crippen LogP contribution >= 0.6 is 0 Å². The van der Waals surface area contributed by atoms with E-state index in [2.05, 4.69) is 12.2 Å². The highest BCUT2D eigenvalue weighted by Gasteiger charge is 1.92. The number of Topliss-reactive ketones (excluding diaryl/α,β-unsaturated/α-hetero) is 1. The first-order valence-corrected chi connectivity index (χ1v) is 5.67. The molecule has 0 saturated heterocycles. The van der Waals surface area contributed by atoms with Gasteiger partial charge in [0, 0.05) is 12.1 Å². The minimum absolute atomic E-state index is 0.121. The summed E-state index contributed by atoms with van der Waals surface area (Å²) >= 11 is 0. The van der Waals surface area contributed by atoms with E-state index >= 15 is 0 Å². The van der Waals surface area contributed by atoms with E-state index in [1.54, 1.807) is 6.92 Å². The Kier molecular flexibility index (Phi) is 8.37. The number of unbranched alkanes of at least 4 members (excludes halogenated alkanes) is 1. The summed E-state index contributed by atoms with van der Waals surface area (Å²) in [6.07, 6.45) is 2.09. The molecule has 0 radical (unpaired) electrons. The number of amides is 2. The molecule has 0 aliphatic rings. The van der Waals surface area contributed by atoms with E-state index in [0.717, 1.165) is 18.4 Å². The third kappa shape index (κ3) is 9.11. The summed E-state index contributed by atoms with van der Waals surface area (Å²) in [4.78, 5) is 20.6. The number of hydrogen-bond donors (Lipinski definition) is 2. The monoisotopic (exact) mass is 236 g/mol. The van der Waals surface area contributed by atoms with Crippen LogP contribution in [0.5, 0.6) is 0 Å². The Hall–Kier alpha value is -1.84. The lowest BCUT2D eigenvalue weighted by Gasteiger charge is -1.96. The van der Waals surface area contributed by atoms with E-state index in [9.17, 15) is 9.59 Å². The molecule has 0 saturated carbocycles. The minimum Gasteiger partial charge on any atom is -0.352 e. The molecule has 4 heteroatoms. The Balaban J connectivity index is 0.000000304. The fourth-order valence-electron chi connectivity index (χ4n) is 1.06. The number of rotatable bonds is 4. The van der Waals surface area contributed by atoms with Crippen molar-refractivity contribution < 1.29 is 9.59 Å². The smallest absolute Gasteiger partial charge is 0.312 e. The maximum atomic E-state index is 10.6. The van der Waals surface area contributed by atoms with Gasteiger partial charge >= 0.3 is 6.03 Å². The van der Waals surface area contributed by atoms with Gasteiger partial charge in [0.1, 0.15) is 0 Å². The summed E-state index contributed by atoms with van der Waals surface area (Å²) in [6.45, 7) is 4.32. The van der Waals surface area contributed by atoms with Crippen molar-refractivity contribution in [3.63, 3.8) is 0 Å². The Morgan fingerprint density at radius 3 is 2.18 bits per heavy atom. The van der Waals surface area contributed by atoms with Crippen molar-refractivity contribution in [2.75, 3.05) is 6.54 Å². The molecule has 0 heterocycles. The first-order chi connectivity index (χ1) is 8.07. The zero-order chi connectivity index (χ0) is 13.1. The van der Waals surface area contributed by atoms with Gasteiger partial charge in [0.2, 0.25) is 0 Å². The number of hydrogen-bond acceptors (Lipinski definition) is 2. The molecule has 4 nitrogen and oxygen atoms in total. The third-order valence-electron chi connectivity index (χ3n) is 2.01. The van der Waals surface area contributed by atoms with Crippen LogP contribution in [0.1, 0.15) is 37.0 Å². The lowest BCUT2D eigenvalue weighted by Crippen LogP contribution is -2.29.